The highest BCUT2D eigenvalue weighted by molar-refractivity contribution is 5.97. The predicted molar refractivity (Wildman–Crippen MR) is 83.3 cm³/mol. The quantitative estimate of drug-likeness (QED) is 0.546. The summed E-state index contributed by atoms with van der Waals surface area (Å²) in [6, 6.07) is 8.85. The lowest BCUT2D eigenvalue weighted by Crippen LogP contribution is -2.12. The van der Waals surface area contributed by atoms with Gasteiger partial charge in [-0.1, -0.05) is 12.1 Å². The van der Waals surface area contributed by atoms with Crippen LogP contribution in [0.25, 0.3) is 11.1 Å². The molecule has 1 aromatic carbocycles. The fourth-order valence-electron chi connectivity index (χ4n) is 2.30. The number of ketones is 1. The minimum Gasteiger partial charge on any atom is -0.448 e. The first kappa shape index (κ1) is 15.0. The topological polar surface area (TPSA) is 74.3 Å². The lowest BCUT2D eigenvalue weighted by atomic mass is 10.2. The molecule has 0 amide bonds. The maximum Gasteiger partial charge on any atom is 0.355 e. The Morgan fingerprint density at radius 2 is 2.04 bits per heavy atom. The summed E-state index contributed by atoms with van der Waals surface area (Å²) in [4.78, 5) is 28.0. The second kappa shape index (κ2) is 5.72. The van der Waals surface area contributed by atoms with E-state index in [1.807, 2.05) is 18.2 Å². The third kappa shape index (κ3) is 2.88. The number of hydrogen-bond acceptors (Lipinski definition) is 5. The van der Waals surface area contributed by atoms with Gasteiger partial charge in [0.15, 0.2) is 17.5 Å². The number of aryl methyl sites for hydroxylation is 1. The smallest absolute Gasteiger partial charge is 0.355 e. The Balaban J connectivity index is 1.80. The van der Waals surface area contributed by atoms with Crippen molar-refractivity contribution in [1.29, 1.82) is 0 Å². The van der Waals surface area contributed by atoms with Crippen LogP contribution in [0.2, 0.25) is 0 Å². The number of benzene rings is 1. The average Bonchev–Trinajstić information content (AvgIpc) is 3.10. The highest BCUT2D eigenvalue weighted by Crippen LogP contribution is 2.23. The number of aromatic nitrogens is 2. The summed E-state index contributed by atoms with van der Waals surface area (Å²) in [5, 5.41) is 0. The van der Waals surface area contributed by atoms with Crippen LogP contribution in [0.4, 0.5) is 0 Å². The van der Waals surface area contributed by atoms with Crippen LogP contribution in [0.5, 0.6) is 0 Å². The van der Waals surface area contributed by atoms with Crippen molar-refractivity contribution < 1.29 is 18.7 Å². The maximum atomic E-state index is 12.3. The molecule has 23 heavy (non-hydrogen) atoms. The summed E-state index contributed by atoms with van der Waals surface area (Å²) in [6.45, 7) is 3.14. The van der Waals surface area contributed by atoms with Gasteiger partial charge in [0.25, 0.3) is 0 Å². The molecule has 3 aromatic rings. The van der Waals surface area contributed by atoms with Crippen LogP contribution >= 0.6 is 0 Å². The number of nitrogens with zero attached hydrogens (tertiary/aromatic N) is 2. The Morgan fingerprint density at radius 1 is 1.30 bits per heavy atom. The lowest BCUT2D eigenvalue weighted by Gasteiger charge is -2.09. The van der Waals surface area contributed by atoms with Crippen molar-refractivity contribution >= 4 is 22.9 Å². The number of rotatable bonds is 4. The van der Waals surface area contributed by atoms with Crippen LogP contribution in [-0.4, -0.2) is 21.3 Å². The van der Waals surface area contributed by atoms with Gasteiger partial charge < -0.3 is 13.7 Å². The summed E-state index contributed by atoms with van der Waals surface area (Å²) in [5.41, 5.74) is 2.12. The third-order valence-electron chi connectivity index (χ3n) is 3.56. The van der Waals surface area contributed by atoms with Crippen LogP contribution < -0.4 is 0 Å². The molecule has 1 atom stereocenters. The van der Waals surface area contributed by atoms with E-state index in [0.29, 0.717) is 28.2 Å². The molecule has 2 aromatic heterocycles. The van der Waals surface area contributed by atoms with E-state index in [-0.39, 0.29) is 5.78 Å². The summed E-state index contributed by atoms with van der Waals surface area (Å²) in [5.74, 6) is -0.304. The molecule has 0 saturated carbocycles. The van der Waals surface area contributed by atoms with Gasteiger partial charge >= 0.3 is 5.97 Å². The second-order valence-corrected chi connectivity index (χ2v) is 5.35. The van der Waals surface area contributed by atoms with Crippen LogP contribution in [0.3, 0.4) is 0 Å². The molecular formula is C17H16N2O4. The highest BCUT2D eigenvalue weighted by atomic mass is 16.6. The molecule has 3 rings (SSSR count). The molecule has 0 saturated heterocycles. The van der Waals surface area contributed by atoms with E-state index >= 15 is 0 Å². The zero-order chi connectivity index (χ0) is 16.6. The number of ether oxygens (including phenoxy) is 1. The zero-order valence-electron chi connectivity index (χ0n) is 13.1. The van der Waals surface area contributed by atoms with Gasteiger partial charge in [0, 0.05) is 18.8 Å². The number of hydrogen-bond donors (Lipinski definition) is 0. The predicted octanol–water partition coefficient (Wildman–Crippen LogP) is 3.29. The van der Waals surface area contributed by atoms with Crippen LogP contribution in [0, 0.1) is 0 Å². The standard InChI is InChI=1S/C17H16N2O4/c1-10(20)12-8-14(19(3)9-12)17(21)22-11(2)16-18-13-6-4-5-7-15(13)23-16/h4-9,11H,1-3H3/t11-/m0/s1. The summed E-state index contributed by atoms with van der Waals surface area (Å²) in [7, 11) is 1.69. The van der Waals surface area contributed by atoms with E-state index in [4.69, 9.17) is 9.15 Å². The minimum atomic E-state index is -0.634. The van der Waals surface area contributed by atoms with Crippen molar-refractivity contribution in [1.82, 2.24) is 9.55 Å². The SMILES string of the molecule is CC(=O)c1cc(C(=O)O[C@@H](C)c2nc3ccccc3o2)n(C)c1. The van der Waals surface area contributed by atoms with Crippen LogP contribution in [0.15, 0.2) is 40.9 Å². The van der Waals surface area contributed by atoms with E-state index in [9.17, 15) is 9.59 Å². The van der Waals surface area contributed by atoms with Gasteiger partial charge in [0.05, 0.1) is 0 Å². The molecule has 2 heterocycles. The van der Waals surface area contributed by atoms with Gasteiger partial charge in [-0.2, -0.15) is 0 Å². The Labute approximate surface area is 132 Å². The molecule has 0 spiro atoms. The van der Waals surface area contributed by atoms with E-state index in [2.05, 4.69) is 4.98 Å². The van der Waals surface area contributed by atoms with E-state index in [1.54, 1.807) is 30.8 Å². The number of carbonyl (C=O) groups excluding carboxylic acids is 2. The largest absolute Gasteiger partial charge is 0.448 e. The summed E-state index contributed by atoms with van der Waals surface area (Å²) < 4.78 is 12.6. The summed E-state index contributed by atoms with van der Waals surface area (Å²) in [6.07, 6.45) is 0.967. The van der Waals surface area contributed by atoms with E-state index in [1.165, 1.54) is 13.0 Å². The molecule has 0 fully saturated rings. The van der Waals surface area contributed by atoms with Gasteiger partial charge in [0.1, 0.15) is 11.2 Å². The van der Waals surface area contributed by atoms with Gasteiger partial charge in [-0.15, -0.1) is 0 Å². The highest BCUT2D eigenvalue weighted by Gasteiger charge is 2.21. The molecule has 0 bridgehead atoms. The number of carbonyl (C=O) groups is 2. The average molecular weight is 312 g/mol. The van der Waals surface area contributed by atoms with Crippen molar-refractivity contribution in [2.24, 2.45) is 7.05 Å². The third-order valence-corrected chi connectivity index (χ3v) is 3.56. The second-order valence-electron chi connectivity index (χ2n) is 5.35. The Morgan fingerprint density at radius 3 is 2.70 bits per heavy atom. The van der Waals surface area contributed by atoms with Gasteiger partial charge in [0.2, 0.25) is 5.89 Å². The molecule has 0 radical (unpaired) electrons. The van der Waals surface area contributed by atoms with Crippen molar-refractivity contribution in [2.75, 3.05) is 0 Å². The number of esters is 1. The molecular weight excluding hydrogens is 296 g/mol. The number of fused-ring (bicyclic) bond motifs is 1. The van der Waals surface area contributed by atoms with Gasteiger partial charge in [-0.05, 0) is 32.0 Å². The number of oxazole rings is 1. The fraction of sp³-hybridized carbons (Fsp3) is 0.235. The normalized spacial score (nSPS) is 12.3. The zero-order valence-corrected chi connectivity index (χ0v) is 13.1. The number of para-hydroxylation sites is 2. The fourth-order valence-corrected chi connectivity index (χ4v) is 2.30. The first-order chi connectivity index (χ1) is 11.0. The van der Waals surface area contributed by atoms with Crippen molar-refractivity contribution in [3.8, 4) is 0 Å². The van der Waals surface area contributed by atoms with Crippen molar-refractivity contribution in [2.45, 2.75) is 20.0 Å². The Kier molecular flexibility index (Phi) is 3.73. The molecule has 0 aliphatic carbocycles. The van der Waals surface area contributed by atoms with Crippen LogP contribution in [0.1, 0.15) is 46.7 Å². The van der Waals surface area contributed by atoms with E-state index < -0.39 is 12.1 Å². The van der Waals surface area contributed by atoms with Crippen molar-refractivity contribution in [3.05, 3.63) is 53.7 Å². The van der Waals surface area contributed by atoms with Gasteiger partial charge in [-0.3, -0.25) is 4.79 Å². The lowest BCUT2D eigenvalue weighted by molar-refractivity contribution is 0.0271. The first-order valence-electron chi connectivity index (χ1n) is 7.19. The maximum absolute atomic E-state index is 12.3. The first-order valence-corrected chi connectivity index (χ1v) is 7.19. The Bertz CT molecular complexity index is 858. The molecule has 6 nitrogen and oxygen atoms in total. The van der Waals surface area contributed by atoms with Crippen LogP contribution in [-0.2, 0) is 11.8 Å². The number of Topliss-reactive ketones (excluding diaryl/α,β-unsaturated/α-hetero) is 1. The van der Waals surface area contributed by atoms with Gasteiger partial charge in [-0.25, -0.2) is 9.78 Å². The molecule has 0 aliphatic rings. The van der Waals surface area contributed by atoms with E-state index in [0.717, 1.165) is 0 Å². The molecule has 0 aliphatic heterocycles. The monoisotopic (exact) mass is 312 g/mol. The molecule has 118 valence electrons. The minimum absolute atomic E-state index is 0.105. The van der Waals surface area contributed by atoms with Crippen molar-refractivity contribution in [3.63, 3.8) is 0 Å². The Hall–Kier alpha value is -2.89. The molecule has 6 heteroatoms. The summed E-state index contributed by atoms with van der Waals surface area (Å²) >= 11 is 0. The molecule has 0 N–H and O–H groups in total. The molecule has 0 unspecified atom stereocenters.